The minimum absolute atomic E-state index is 0.895. The summed E-state index contributed by atoms with van der Waals surface area (Å²) in [5.41, 5.74) is 0. The molecule has 320 valence electrons. The third-order valence-corrected chi connectivity index (χ3v) is 5.37. The van der Waals surface area contributed by atoms with E-state index in [4.69, 9.17) is 10.2 Å². The van der Waals surface area contributed by atoms with Crippen molar-refractivity contribution in [3.8, 4) is 0 Å². The number of halogens is 30. The second-order valence-corrected chi connectivity index (χ2v) is 9.15. The fraction of sp³-hybridized carbons (Fsp3) is 1.00. The molecular weight excluding hydrogens is 870 g/mol. The normalized spacial score (nSPS) is 20.4. The zero-order valence-electron chi connectivity index (χ0n) is 22.8. The molecule has 0 heterocycles. The summed E-state index contributed by atoms with van der Waals surface area (Å²) in [6.45, 7) is -7.57. The SMILES string of the molecule is OC[C@](F)(OC(F)(F)[C@@](F)(OC(F)(F)C(F)(F)C(F)(F)C(F)(F)C(F)(F)O[C@](F)(C(F)(F)F)C(F)(F)O[C@@](F)(CO)C(F)(F)F)C(F)(F)F)C(F)(F)F. The van der Waals surface area contributed by atoms with Gasteiger partial charge in [-0.25, -0.2) is 0 Å². The zero-order chi connectivity index (χ0) is 43.7. The summed E-state index contributed by atoms with van der Waals surface area (Å²) in [5, 5.41) is 16.2. The van der Waals surface area contributed by atoms with Gasteiger partial charge in [-0.15, -0.1) is 0 Å². The van der Waals surface area contributed by atoms with E-state index in [1.165, 1.54) is 9.47 Å². The first-order valence-electron chi connectivity index (χ1n) is 11.1. The Balaban J connectivity index is 7.45. The predicted molar refractivity (Wildman–Crippen MR) is 92.7 cm³/mol. The lowest BCUT2D eigenvalue weighted by molar-refractivity contribution is -0.567. The van der Waals surface area contributed by atoms with Crippen LogP contribution in [-0.2, 0) is 18.9 Å². The Bertz CT molecular complexity index is 1180. The van der Waals surface area contributed by atoms with Gasteiger partial charge in [0.25, 0.3) is 0 Å². The lowest BCUT2D eigenvalue weighted by Crippen LogP contribution is -2.73. The van der Waals surface area contributed by atoms with E-state index in [0.29, 0.717) is 0 Å². The Morgan fingerprint density at radius 1 is 0.264 bits per heavy atom. The van der Waals surface area contributed by atoms with E-state index in [2.05, 4.69) is 0 Å². The molecule has 0 aliphatic heterocycles. The molecule has 0 aromatic carbocycles. The van der Waals surface area contributed by atoms with Gasteiger partial charge in [0.15, 0.2) is 0 Å². The predicted octanol–water partition coefficient (Wildman–Crippen LogP) is 8.23. The third kappa shape index (κ3) is 8.15. The van der Waals surface area contributed by atoms with Gasteiger partial charge < -0.3 is 10.2 Å². The summed E-state index contributed by atoms with van der Waals surface area (Å²) >= 11 is 0. The number of alkyl halides is 30. The molecule has 0 aromatic heterocycles. The molecule has 0 aromatic rings. The maximum absolute atomic E-state index is 14.2. The molecule has 2 N–H and O–H groups in total. The van der Waals surface area contributed by atoms with Crippen molar-refractivity contribution in [2.24, 2.45) is 0 Å². The Kier molecular flexibility index (Phi) is 12.8. The van der Waals surface area contributed by atoms with Crippen LogP contribution in [0.5, 0.6) is 0 Å². The highest BCUT2D eigenvalue weighted by Gasteiger charge is 2.93. The molecule has 0 amide bonds. The van der Waals surface area contributed by atoms with Crippen LogP contribution in [0.2, 0.25) is 0 Å². The molecule has 0 unspecified atom stereocenters. The molecule has 0 saturated carbocycles. The second-order valence-electron chi connectivity index (χ2n) is 9.15. The van der Waals surface area contributed by atoms with Gasteiger partial charge in [0.05, 0.1) is 0 Å². The molecule has 0 aliphatic carbocycles. The number of aliphatic hydroxyl groups is 2. The van der Waals surface area contributed by atoms with E-state index in [1.807, 2.05) is 0 Å². The van der Waals surface area contributed by atoms with Crippen molar-refractivity contribution in [2.75, 3.05) is 13.2 Å². The number of hydrogen-bond acceptors (Lipinski definition) is 6. The number of rotatable bonds is 16. The first-order valence-corrected chi connectivity index (χ1v) is 11.1. The van der Waals surface area contributed by atoms with Gasteiger partial charge in [0, 0.05) is 0 Å². The zero-order valence-corrected chi connectivity index (χ0v) is 22.8. The van der Waals surface area contributed by atoms with E-state index >= 15 is 0 Å². The van der Waals surface area contributed by atoms with Crippen molar-refractivity contribution in [1.82, 2.24) is 0 Å². The molecule has 0 saturated heterocycles. The molecule has 36 heteroatoms. The summed E-state index contributed by atoms with van der Waals surface area (Å²) in [6.07, 6.45) is -67.1. The van der Waals surface area contributed by atoms with Gasteiger partial charge in [0.2, 0.25) is 0 Å². The maximum Gasteiger partial charge on any atom is 0.458 e. The molecule has 0 fully saturated rings. The third-order valence-electron chi connectivity index (χ3n) is 5.37. The van der Waals surface area contributed by atoms with Crippen LogP contribution in [0.4, 0.5) is 132 Å². The molecule has 53 heavy (non-hydrogen) atoms. The highest BCUT2D eigenvalue weighted by molar-refractivity contribution is 5.07. The fourth-order valence-electron chi connectivity index (χ4n) is 2.51. The standard InChI is InChI=1S/C17H6F30O6/c18-3(1-48,10(28,29)30)50-16(44,45)8(26,12(34,35)36)52-14(40,41)6(22,23)5(20,21)7(24,25)15(42,43)53-9(27,13(37,38)39)17(46,47)51-4(19,2-49)11(31,32)33/h48-49H,1-2H2/t3-,4-,8-,9+/m0/s1. The lowest BCUT2D eigenvalue weighted by atomic mass is 10.0. The van der Waals surface area contributed by atoms with Gasteiger partial charge in [0.1, 0.15) is 13.2 Å². The molecule has 0 rings (SSSR count). The Morgan fingerprint density at radius 3 is 0.623 bits per heavy atom. The Hall–Kier alpha value is -2.34. The number of hydrogen-bond donors (Lipinski definition) is 2. The number of aliphatic hydroxyl groups excluding tert-OH is 2. The Morgan fingerprint density at radius 2 is 0.472 bits per heavy atom. The average molecular weight is 876 g/mol. The van der Waals surface area contributed by atoms with Crippen LogP contribution >= 0.6 is 0 Å². The first kappa shape index (κ1) is 50.7. The van der Waals surface area contributed by atoms with Crippen LogP contribution in [0.15, 0.2) is 0 Å². The van der Waals surface area contributed by atoms with Crippen LogP contribution < -0.4 is 0 Å². The highest BCUT2D eigenvalue weighted by atomic mass is 19.4. The summed E-state index contributed by atoms with van der Waals surface area (Å²) in [6, 6.07) is 0. The topological polar surface area (TPSA) is 77.4 Å². The van der Waals surface area contributed by atoms with Crippen molar-refractivity contribution in [2.45, 2.75) is 90.3 Å². The van der Waals surface area contributed by atoms with Crippen molar-refractivity contribution in [3.63, 3.8) is 0 Å². The van der Waals surface area contributed by atoms with E-state index < -0.39 is 104 Å². The number of ether oxygens (including phenoxy) is 4. The van der Waals surface area contributed by atoms with Gasteiger partial charge in [-0.3, -0.25) is 18.9 Å². The van der Waals surface area contributed by atoms with Crippen molar-refractivity contribution in [3.05, 3.63) is 0 Å². The van der Waals surface area contributed by atoms with Crippen LogP contribution in [0, 0.1) is 0 Å². The highest BCUT2D eigenvalue weighted by Crippen LogP contribution is 2.63. The molecule has 0 aliphatic rings. The monoisotopic (exact) mass is 876 g/mol. The Labute approximate surface area is 266 Å². The van der Waals surface area contributed by atoms with Crippen LogP contribution in [0.25, 0.3) is 0 Å². The lowest BCUT2D eigenvalue weighted by Gasteiger charge is -2.44. The van der Waals surface area contributed by atoms with Crippen LogP contribution in [-0.4, -0.2) is 114 Å². The minimum Gasteiger partial charge on any atom is -0.390 e. The van der Waals surface area contributed by atoms with Crippen LogP contribution in [0.1, 0.15) is 0 Å². The van der Waals surface area contributed by atoms with Gasteiger partial charge in [-0.1, -0.05) is 0 Å². The molecular formula is C17H6F30O6. The molecule has 4 atom stereocenters. The van der Waals surface area contributed by atoms with Gasteiger partial charge >= 0.3 is 90.3 Å². The summed E-state index contributed by atoms with van der Waals surface area (Å²) in [5.74, 6) is -59.9. The molecule has 0 radical (unpaired) electrons. The minimum atomic E-state index is -9.61. The van der Waals surface area contributed by atoms with Crippen molar-refractivity contribution < 1.29 is 161 Å². The molecule has 0 bridgehead atoms. The second kappa shape index (κ2) is 13.4. The maximum atomic E-state index is 14.2. The van der Waals surface area contributed by atoms with Crippen molar-refractivity contribution in [1.29, 1.82) is 0 Å². The first-order chi connectivity index (χ1) is 22.4. The molecule has 6 nitrogen and oxygen atoms in total. The summed E-state index contributed by atoms with van der Waals surface area (Å²) in [4.78, 5) is 0. The molecule has 0 spiro atoms. The summed E-state index contributed by atoms with van der Waals surface area (Å²) in [7, 11) is 0. The average Bonchev–Trinajstić information content (AvgIpc) is 2.88. The van der Waals surface area contributed by atoms with Gasteiger partial charge in [-0.05, 0) is 0 Å². The fourth-order valence-corrected chi connectivity index (χ4v) is 2.51. The van der Waals surface area contributed by atoms with E-state index in [1.54, 1.807) is 0 Å². The van der Waals surface area contributed by atoms with Crippen molar-refractivity contribution >= 4 is 0 Å². The van der Waals surface area contributed by atoms with E-state index in [9.17, 15) is 132 Å². The largest absolute Gasteiger partial charge is 0.458 e. The van der Waals surface area contributed by atoms with E-state index in [0.717, 1.165) is 9.47 Å². The smallest absolute Gasteiger partial charge is 0.390 e. The summed E-state index contributed by atoms with van der Waals surface area (Å²) < 4.78 is 406. The van der Waals surface area contributed by atoms with E-state index in [-0.39, 0.29) is 0 Å². The quantitative estimate of drug-likeness (QED) is 0.152. The van der Waals surface area contributed by atoms with Crippen LogP contribution in [0.3, 0.4) is 0 Å². The van der Waals surface area contributed by atoms with Gasteiger partial charge in [-0.2, -0.15) is 132 Å².